The largest absolute Gasteiger partial charge is 0.350 e. The summed E-state index contributed by atoms with van der Waals surface area (Å²) in [5.74, 6) is 1.52. The first kappa shape index (κ1) is 15.8. The molecule has 0 aliphatic carbocycles. The molecule has 4 heteroatoms. The van der Waals surface area contributed by atoms with E-state index in [0.29, 0.717) is 11.8 Å². The highest BCUT2D eigenvalue weighted by Crippen LogP contribution is 2.41. The SMILES string of the molecule is CCC(C)(C)NC(=O)C(C)N1CC2CNCC2C1(C)C. The lowest BCUT2D eigenvalue weighted by Crippen LogP contribution is -2.56. The molecule has 2 N–H and O–H groups in total. The molecular formula is C16H31N3O. The maximum atomic E-state index is 12.5. The lowest BCUT2D eigenvalue weighted by molar-refractivity contribution is -0.129. The number of carbonyl (C=O) groups excluding carboxylic acids is 1. The van der Waals surface area contributed by atoms with E-state index in [1.54, 1.807) is 0 Å². The Morgan fingerprint density at radius 3 is 2.65 bits per heavy atom. The molecule has 2 fully saturated rings. The molecule has 116 valence electrons. The molecule has 0 saturated carbocycles. The standard InChI is InChI=1S/C16H31N3O/c1-7-15(3,4)18-14(20)11(2)19-10-12-8-17-9-13(12)16(19,5)6/h11-13,17H,7-10H2,1-6H3,(H,18,20). The zero-order valence-electron chi connectivity index (χ0n) is 13.9. The monoisotopic (exact) mass is 281 g/mol. The van der Waals surface area contributed by atoms with Gasteiger partial charge in [-0.2, -0.15) is 0 Å². The second kappa shape index (κ2) is 5.30. The molecule has 2 aliphatic heterocycles. The molecule has 3 unspecified atom stereocenters. The van der Waals surface area contributed by atoms with Gasteiger partial charge in [0, 0.05) is 24.2 Å². The van der Waals surface area contributed by atoms with Crippen LogP contribution in [0.5, 0.6) is 0 Å². The average Bonchev–Trinajstić information content (AvgIpc) is 2.90. The van der Waals surface area contributed by atoms with Crippen LogP contribution in [0.25, 0.3) is 0 Å². The Balaban J connectivity index is 2.06. The zero-order valence-corrected chi connectivity index (χ0v) is 13.9. The molecule has 2 rings (SSSR count). The van der Waals surface area contributed by atoms with Crippen molar-refractivity contribution in [2.75, 3.05) is 19.6 Å². The Labute approximate surface area is 123 Å². The third-order valence-corrected chi connectivity index (χ3v) is 5.61. The number of hydrogen-bond acceptors (Lipinski definition) is 3. The second-order valence-electron chi connectivity index (χ2n) is 7.73. The Morgan fingerprint density at radius 2 is 2.10 bits per heavy atom. The van der Waals surface area contributed by atoms with E-state index in [4.69, 9.17) is 0 Å². The Morgan fingerprint density at radius 1 is 1.45 bits per heavy atom. The van der Waals surface area contributed by atoms with Gasteiger partial charge in [-0.1, -0.05) is 6.92 Å². The van der Waals surface area contributed by atoms with Gasteiger partial charge in [-0.3, -0.25) is 9.69 Å². The molecule has 0 aromatic carbocycles. The maximum Gasteiger partial charge on any atom is 0.237 e. The molecule has 3 atom stereocenters. The van der Waals surface area contributed by atoms with E-state index in [0.717, 1.165) is 26.1 Å². The summed E-state index contributed by atoms with van der Waals surface area (Å²) >= 11 is 0. The van der Waals surface area contributed by atoms with Crippen LogP contribution in [0.1, 0.15) is 48.0 Å². The summed E-state index contributed by atoms with van der Waals surface area (Å²) < 4.78 is 0. The van der Waals surface area contributed by atoms with Gasteiger partial charge in [0.05, 0.1) is 6.04 Å². The molecule has 4 nitrogen and oxygen atoms in total. The molecule has 0 aromatic heterocycles. The van der Waals surface area contributed by atoms with Crippen LogP contribution >= 0.6 is 0 Å². The lowest BCUT2D eigenvalue weighted by atomic mass is 9.84. The fourth-order valence-electron chi connectivity index (χ4n) is 3.78. The highest BCUT2D eigenvalue weighted by Gasteiger charge is 2.51. The maximum absolute atomic E-state index is 12.5. The molecule has 0 aromatic rings. The van der Waals surface area contributed by atoms with E-state index in [-0.39, 0.29) is 23.0 Å². The summed E-state index contributed by atoms with van der Waals surface area (Å²) in [5.41, 5.74) is -0.0199. The van der Waals surface area contributed by atoms with E-state index in [1.165, 1.54) is 0 Å². The van der Waals surface area contributed by atoms with Crippen LogP contribution in [0, 0.1) is 11.8 Å². The van der Waals surface area contributed by atoms with Crippen molar-refractivity contribution < 1.29 is 4.79 Å². The van der Waals surface area contributed by atoms with E-state index in [9.17, 15) is 4.79 Å². The highest BCUT2D eigenvalue weighted by atomic mass is 16.2. The van der Waals surface area contributed by atoms with Crippen molar-refractivity contribution in [2.24, 2.45) is 11.8 Å². The van der Waals surface area contributed by atoms with E-state index in [2.05, 4.69) is 57.1 Å². The fourth-order valence-corrected chi connectivity index (χ4v) is 3.78. The molecule has 2 aliphatic rings. The number of hydrogen-bond donors (Lipinski definition) is 2. The van der Waals surface area contributed by atoms with Gasteiger partial charge in [0.1, 0.15) is 0 Å². The first-order chi connectivity index (χ1) is 9.19. The predicted molar refractivity (Wildman–Crippen MR) is 82.6 cm³/mol. The number of nitrogens with zero attached hydrogens (tertiary/aromatic N) is 1. The van der Waals surface area contributed by atoms with Crippen molar-refractivity contribution >= 4 is 5.91 Å². The van der Waals surface area contributed by atoms with Gasteiger partial charge in [-0.05, 0) is 59.4 Å². The molecule has 2 heterocycles. The third-order valence-electron chi connectivity index (χ3n) is 5.61. The van der Waals surface area contributed by atoms with Crippen LogP contribution in [0.15, 0.2) is 0 Å². The molecule has 0 radical (unpaired) electrons. The predicted octanol–water partition coefficient (Wildman–Crippen LogP) is 1.61. The van der Waals surface area contributed by atoms with Crippen LogP contribution < -0.4 is 10.6 Å². The molecule has 2 saturated heterocycles. The first-order valence-corrected chi connectivity index (χ1v) is 7.98. The Bertz CT molecular complexity index is 378. The summed E-state index contributed by atoms with van der Waals surface area (Å²) in [6.45, 7) is 16.1. The van der Waals surface area contributed by atoms with Crippen molar-refractivity contribution in [1.82, 2.24) is 15.5 Å². The van der Waals surface area contributed by atoms with E-state index >= 15 is 0 Å². The minimum Gasteiger partial charge on any atom is -0.350 e. The Hall–Kier alpha value is -0.610. The number of likely N-dealkylation sites (tertiary alicyclic amines) is 1. The fraction of sp³-hybridized carbons (Fsp3) is 0.938. The van der Waals surface area contributed by atoms with Gasteiger partial charge in [-0.15, -0.1) is 0 Å². The number of amides is 1. The van der Waals surface area contributed by atoms with Gasteiger partial charge in [-0.25, -0.2) is 0 Å². The minimum atomic E-state index is -0.118. The van der Waals surface area contributed by atoms with Crippen LogP contribution in [0.4, 0.5) is 0 Å². The summed E-state index contributed by atoms with van der Waals surface area (Å²) in [6.07, 6.45) is 0.948. The van der Waals surface area contributed by atoms with Crippen LogP contribution in [-0.4, -0.2) is 47.6 Å². The third kappa shape index (κ3) is 2.73. The molecular weight excluding hydrogens is 250 g/mol. The topological polar surface area (TPSA) is 44.4 Å². The number of rotatable bonds is 4. The summed E-state index contributed by atoms with van der Waals surface area (Å²) in [6, 6.07) is -0.0542. The number of nitrogens with one attached hydrogen (secondary N) is 2. The smallest absolute Gasteiger partial charge is 0.237 e. The van der Waals surface area contributed by atoms with Gasteiger partial charge >= 0.3 is 0 Å². The van der Waals surface area contributed by atoms with Crippen LogP contribution in [0.2, 0.25) is 0 Å². The second-order valence-corrected chi connectivity index (χ2v) is 7.73. The van der Waals surface area contributed by atoms with E-state index < -0.39 is 0 Å². The van der Waals surface area contributed by atoms with Crippen molar-refractivity contribution in [2.45, 2.75) is 65.1 Å². The van der Waals surface area contributed by atoms with Crippen molar-refractivity contribution in [3.63, 3.8) is 0 Å². The summed E-state index contributed by atoms with van der Waals surface area (Å²) in [4.78, 5) is 15.0. The summed E-state index contributed by atoms with van der Waals surface area (Å²) in [5, 5.41) is 6.68. The van der Waals surface area contributed by atoms with Crippen LogP contribution in [0.3, 0.4) is 0 Å². The first-order valence-electron chi connectivity index (χ1n) is 7.98. The van der Waals surface area contributed by atoms with Gasteiger partial charge in [0.15, 0.2) is 0 Å². The molecule has 1 amide bonds. The molecule has 20 heavy (non-hydrogen) atoms. The quantitative estimate of drug-likeness (QED) is 0.823. The average molecular weight is 281 g/mol. The van der Waals surface area contributed by atoms with Crippen LogP contribution in [-0.2, 0) is 4.79 Å². The zero-order chi connectivity index (χ0) is 15.1. The molecule has 0 spiro atoms. The van der Waals surface area contributed by atoms with Gasteiger partial charge < -0.3 is 10.6 Å². The normalized spacial score (nSPS) is 31.1. The van der Waals surface area contributed by atoms with Crippen molar-refractivity contribution in [3.8, 4) is 0 Å². The summed E-state index contributed by atoms with van der Waals surface area (Å²) in [7, 11) is 0. The minimum absolute atomic E-state index is 0.0542. The van der Waals surface area contributed by atoms with Gasteiger partial charge in [0.2, 0.25) is 5.91 Å². The molecule has 0 bridgehead atoms. The Kier molecular flexibility index (Phi) is 4.18. The highest BCUT2D eigenvalue weighted by molar-refractivity contribution is 5.82. The van der Waals surface area contributed by atoms with Crippen molar-refractivity contribution in [1.29, 1.82) is 0 Å². The van der Waals surface area contributed by atoms with E-state index in [1.807, 2.05) is 0 Å². The number of carbonyl (C=O) groups is 1. The van der Waals surface area contributed by atoms with Crippen molar-refractivity contribution in [3.05, 3.63) is 0 Å². The number of fused-ring (bicyclic) bond motifs is 1. The van der Waals surface area contributed by atoms with Gasteiger partial charge in [0.25, 0.3) is 0 Å². The lowest BCUT2D eigenvalue weighted by Gasteiger charge is -2.40.